The van der Waals surface area contributed by atoms with E-state index >= 15 is 0 Å². The summed E-state index contributed by atoms with van der Waals surface area (Å²) >= 11 is 0. The van der Waals surface area contributed by atoms with Gasteiger partial charge in [-0.2, -0.15) is 0 Å². The second kappa shape index (κ2) is 9.48. The number of furan rings is 1. The molecule has 6 nitrogen and oxygen atoms in total. The first-order chi connectivity index (χ1) is 14.3. The minimum atomic E-state index is -0.143. The second-order valence-corrected chi connectivity index (χ2v) is 7.83. The van der Waals surface area contributed by atoms with Gasteiger partial charge in [-0.3, -0.25) is 9.59 Å². The third-order valence-electron chi connectivity index (χ3n) is 5.17. The highest BCUT2D eigenvalue weighted by Gasteiger charge is 2.25. The standard InChI is InChI=1S/C24H29N3O3/c1-18(2)27(24(29)20-11-9-19(3)10-12-20)17-23(28)26(16-22-8-6-14-30-22)15-21-7-5-13-25(21)4/h5-14,18H,15-17H2,1-4H3. The average Bonchev–Trinajstić information content (AvgIpc) is 3.37. The summed E-state index contributed by atoms with van der Waals surface area (Å²) in [5, 5.41) is 0. The summed E-state index contributed by atoms with van der Waals surface area (Å²) in [5.41, 5.74) is 2.68. The minimum absolute atomic E-state index is 0.00943. The van der Waals surface area contributed by atoms with Gasteiger partial charge in [-0.1, -0.05) is 17.7 Å². The number of nitrogens with zero attached hydrogens (tertiary/aromatic N) is 3. The Kier molecular flexibility index (Phi) is 6.77. The molecule has 158 valence electrons. The fourth-order valence-electron chi connectivity index (χ4n) is 3.28. The van der Waals surface area contributed by atoms with Crippen LogP contribution in [-0.4, -0.2) is 38.8 Å². The van der Waals surface area contributed by atoms with Crippen molar-refractivity contribution in [1.29, 1.82) is 0 Å². The largest absolute Gasteiger partial charge is 0.467 e. The van der Waals surface area contributed by atoms with Crippen LogP contribution in [0.4, 0.5) is 0 Å². The first kappa shape index (κ1) is 21.4. The molecule has 0 spiro atoms. The van der Waals surface area contributed by atoms with E-state index in [1.54, 1.807) is 16.1 Å². The number of benzene rings is 1. The molecule has 3 rings (SSSR count). The van der Waals surface area contributed by atoms with Gasteiger partial charge in [0.25, 0.3) is 5.91 Å². The SMILES string of the molecule is Cc1ccc(C(=O)N(CC(=O)N(Cc2ccco2)Cc2cccn2C)C(C)C)cc1. The van der Waals surface area contributed by atoms with E-state index in [2.05, 4.69) is 0 Å². The van der Waals surface area contributed by atoms with E-state index in [1.807, 2.05) is 87.1 Å². The monoisotopic (exact) mass is 407 g/mol. The molecule has 0 aliphatic heterocycles. The number of carbonyl (C=O) groups excluding carboxylic acids is 2. The number of aromatic nitrogens is 1. The topological polar surface area (TPSA) is 58.7 Å². The summed E-state index contributed by atoms with van der Waals surface area (Å²) in [6.07, 6.45) is 3.55. The van der Waals surface area contributed by atoms with E-state index < -0.39 is 0 Å². The average molecular weight is 408 g/mol. The molecule has 2 amide bonds. The van der Waals surface area contributed by atoms with E-state index in [9.17, 15) is 9.59 Å². The zero-order chi connectivity index (χ0) is 21.7. The van der Waals surface area contributed by atoms with Crippen molar-refractivity contribution in [3.8, 4) is 0 Å². The summed E-state index contributed by atoms with van der Waals surface area (Å²) in [4.78, 5) is 29.7. The van der Waals surface area contributed by atoms with Crippen molar-refractivity contribution in [3.63, 3.8) is 0 Å². The van der Waals surface area contributed by atoms with Crippen molar-refractivity contribution in [2.45, 2.75) is 39.9 Å². The lowest BCUT2D eigenvalue weighted by molar-refractivity contribution is -0.133. The van der Waals surface area contributed by atoms with Gasteiger partial charge in [0.2, 0.25) is 5.91 Å². The normalized spacial score (nSPS) is 11.0. The van der Waals surface area contributed by atoms with Crippen LogP contribution >= 0.6 is 0 Å². The number of hydrogen-bond acceptors (Lipinski definition) is 3. The summed E-state index contributed by atoms with van der Waals surface area (Å²) in [5.74, 6) is 0.440. The van der Waals surface area contributed by atoms with Crippen molar-refractivity contribution in [1.82, 2.24) is 14.4 Å². The molecule has 0 unspecified atom stereocenters. The lowest BCUT2D eigenvalue weighted by Gasteiger charge is -2.30. The van der Waals surface area contributed by atoms with Crippen LogP contribution in [0.1, 0.15) is 41.2 Å². The fraction of sp³-hybridized carbons (Fsp3) is 0.333. The number of rotatable bonds is 8. The van der Waals surface area contributed by atoms with Gasteiger partial charge in [-0.25, -0.2) is 0 Å². The van der Waals surface area contributed by atoms with E-state index in [0.29, 0.717) is 24.4 Å². The molecule has 0 bridgehead atoms. The van der Waals surface area contributed by atoms with Crippen LogP contribution < -0.4 is 0 Å². The van der Waals surface area contributed by atoms with Crippen molar-refractivity contribution >= 4 is 11.8 Å². The van der Waals surface area contributed by atoms with Gasteiger partial charge in [-0.15, -0.1) is 0 Å². The Bertz CT molecular complexity index is 972. The Balaban J connectivity index is 1.79. The predicted molar refractivity (Wildman–Crippen MR) is 116 cm³/mol. The van der Waals surface area contributed by atoms with Gasteiger partial charge in [0, 0.05) is 30.5 Å². The molecule has 0 atom stereocenters. The second-order valence-electron chi connectivity index (χ2n) is 7.83. The first-order valence-electron chi connectivity index (χ1n) is 10.1. The van der Waals surface area contributed by atoms with Gasteiger partial charge in [0.1, 0.15) is 12.3 Å². The summed E-state index contributed by atoms with van der Waals surface area (Å²) < 4.78 is 7.45. The van der Waals surface area contributed by atoms with Crippen LogP contribution in [0.3, 0.4) is 0 Å². The molecule has 1 aromatic carbocycles. The molecule has 2 heterocycles. The maximum atomic E-state index is 13.3. The minimum Gasteiger partial charge on any atom is -0.467 e. The smallest absolute Gasteiger partial charge is 0.254 e. The van der Waals surface area contributed by atoms with Crippen molar-refractivity contribution in [2.75, 3.05) is 6.54 Å². The maximum absolute atomic E-state index is 13.3. The predicted octanol–water partition coefficient (Wildman–Crippen LogP) is 4.01. The Morgan fingerprint density at radius 2 is 1.77 bits per heavy atom. The molecule has 0 saturated heterocycles. The van der Waals surface area contributed by atoms with E-state index in [4.69, 9.17) is 4.42 Å². The lowest BCUT2D eigenvalue weighted by Crippen LogP contribution is -2.45. The number of carbonyl (C=O) groups is 2. The number of amides is 2. The molecule has 0 fully saturated rings. The van der Waals surface area contributed by atoms with Gasteiger partial charge in [0.15, 0.2) is 0 Å². The van der Waals surface area contributed by atoms with Crippen LogP contribution in [0.25, 0.3) is 0 Å². The highest BCUT2D eigenvalue weighted by molar-refractivity contribution is 5.96. The molecular weight excluding hydrogens is 378 g/mol. The van der Waals surface area contributed by atoms with Crippen molar-refractivity contribution < 1.29 is 14.0 Å². The fourth-order valence-corrected chi connectivity index (χ4v) is 3.28. The van der Waals surface area contributed by atoms with Crippen LogP contribution in [0.2, 0.25) is 0 Å². The first-order valence-corrected chi connectivity index (χ1v) is 10.1. The van der Waals surface area contributed by atoms with Crippen LogP contribution in [0.15, 0.2) is 65.4 Å². The molecule has 0 aliphatic carbocycles. The summed E-state index contributed by atoms with van der Waals surface area (Å²) in [6, 6.07) is 14.9. The molecule has 0 radical (unpaired) electrons. The zero-order valence-corrected chi connectivity index (χ0v) is 18.0. The molecule has 3 aromatic rings. The lowest BCUT2D eigenvalue weighted by atomic mass is 10.1. The maximum Gasteiger partial charge on any atom is 0.254 e. The molecule has 30 heavy (non-hydrogen) atoms. The Hall–Kier alpha value is -3.28. The van der Waals surface area contributed by atoms with E-state index in [1.165, 1.54) is 0 Å². The van der Waals surface area contributed by atoms with Gasteiger partial charge in [-0.05, 0) is 57.2 Å². The highest BCUT2D eigenvalue weighted by atomic mass is 16.3. The van der Waals surface area contributed by atoms with E-state index in [0.717, 1.165) is 11.3 Å². The third-order valence-corrected chi connectivity index (χ3v) is 5.17. The Morgan fingerprint density at radius 1 is 1.03 bits per heavy atom. The van der Waals surface area contributed by atoms with Gasteiger partial charge >= 0.3 is 0 Å². The van der Waals surface area contributed by atoms with Gasteiger partial charge < -0.3 is 18.8 Å². The zero-order valence-electron chi connectivity index (χ0n) is 18.0. The van der Waals surface area contributed by atoms with E-state index in [-0.39, 0.29) is 24.4 Å². The Labute approximate surface area is 177 Å². The molecular formula is C24H29N3O3. The molecule has 0 aliphatic rings. The molecule has 0 N–H and O–H groups in total. The molecule has 2 aromatic heterocycles. The number of aryl methyl sites for hydroxylation is 2. The summed E-state index contributed by atoms with van der Waals surface area (Å²) in [6.45, 7) is 6.62. The quantitative estimate of drug-likeness (QED) is 0.567. The Morgan fingerprint density at radius 3 is 2.33 bits per heavy atom. The van der Waals surface area contributed by atoms with Gasteiger partial charge in [0.05, 0.1) is 19.4 Å². The molecule has 0 saturated carbocycles. The van der Waals surface area contributed by atoms with Crippen LogP contribution in [0, 0.1) is 6.92 Å². The van der Waals surface area contributed by atoms with Crippen molar-refractivity contribution in [3.05, 3.63) is 83.6 Å². The highest BCUT2D eigenvalue weighted by Crippen LogP contribution is 2.15. The summed E-state index contributed by atoms with van der Waals surface area (Å²) in [7, 11) is 1.95. The van der Waals surface area contributed by atoms with Crippen molar-refractivity contribution in [2.24, 2.45) is 7.05 Å². The molecule has 6 heteroatoms. The van der Waals surface area contributed by atoms with Crippen LogP contribution in [0.5, 0.6) is 0 Å². The number of hydrogen-bond donors (Lipinski definition) is 0. The third kappa shape index (κ3) is 5.20. The van der Waals surface area contributed by atoms with Crippen LogP contribution in [-0.2, 0) is 24.9 Å².